The topological polar surface area (TPSA) is 42.4 Å². The van der Waals surface area contributed by atoms with Crippen LogP contribution in [0, 0.1) is 0 Å². The number of nitrogens with zero attached hydrogens (tertiary/aromatic N) is 2. The van der Waals surface area contributed by atoms with Crippen LogP contribution in [0.25, 0.3) is 0 Å². The number of carbonyl (C=O) groups excluding carboxylic acids is 1. The average molecular weight is 243 g/mol. The summed E-state index contributed by atoms with van der Waals surface area (Å²) in [5.41, 5.74) is 0.449. The van der Waals surface area contributed by atoms with Gasteiger partial charge < -0.3 is 9.64 Å². The first-order chi connectivity index (χ1) is 7.56. The predicted octanol–water partition coefficient (Wildman–Crippen LogP) is 1.79. The number of rotatable bonds is 4. The van der Waals surface area contributed by atoms with Crippen LogP contribution in [0.15, 0.2) is 18.3 Å². The third-order valence-electron chi connectivity index (χ3n) is 2.07. The van der Waals surface area contributed by atoms with Crippen molar-refractivity contribution >= 4 is 17.5 Å². The molecule has 0 aliphatic rings. The third-order valence-corrected chi connectivity index (χ3v) is 2.21. The smallest absolute Gasteiger partial charge is 0.259 e. The lowest BCUT2D eigenvalue weighted by atomic mass is 10.2. The monoisotopic (exact) mass is 242 g/mol. The largest absolute Gasteiger partial charge is 0.480 e. The highest BCUT2D eigenvalue weighted by Crippen LogP contribution is 2.15. The van der Waals surface area contributed by atoms with Gasteiger partial charge in [-0.25, -0.2) is 4.98 Å². The van der Waals surface area contributed by atoms with Gasteiger partial charge in [-0.05, 0) is 19.1 Å². The Morgan fingerprint density at radius 3 is 2.94 bits per heavy atom. The van der Waals surface area contributed by atoms with Gasteiger partial charge in [0.15, 0.2) is 0 Å². The summed E-state index contributed by atoms with van der Waals surface area (Å²) in [7, 11) is 3.19. The Labute approximate surface area is 100 Å². The van der Waals surface area contributed by atoms with E-state index < -0.39 is 0 Å². The van der Waals surface area contributed by atoms with Crippen molar-refractivity contribution in [3.63, 3.8) is 0 Å². The summed E-state index contributed by atoms with van der Waals surface area (Å²) in [6.45, 7) is 2.32. The molecular weight excluding hydrogens is 228 g/mol. The Balaban J connectivity index is 2.87. The second-order valence-corrected chi connectivity index (χ2v) is 4.27. The van der Waals surface area contributed by atoms with Gasteiger partial charge in [-0.3, -0.25) is 4.79 Å². The second kappa shape index (κ2) is 5.70. The standard InChI is InChI=1S/C11H15ClN2O2/c1-8(12)7-14(2)11(15)9-5-4-6-13-10(9)16-3/h4-6,8H,7H2,1-3H3. The van der Waals surface area contributed by atoms with Crippen LogP contribution in [0.3, 0.4) is 0 Å². The summed E-state index contributed by atoms with van der Waals surface area (Å²) in [6, 6.07) is 3.39. The molecule has 16 heavy (non-hydrogen) atoms. The van der Waals surface area contributed by atoms with Gasteiger partial charge in [0.05, 0.1) is 7.11 Å². The van der Waals surface area contributed by atoms with Gasteiger partial charge in [0.2, 0.25) is 5.88 Å². The summed E-state index contributed by atoms with van der Waals surface area (Å²) in [6.07, 6.45) is 1.58. The average Bonchev–Trinajstić information content (AvgIpc) is 2.27. The SMILES string of the molecule is COc1ncccc1C(=O)N(C)CC(C)Cl. The molecule has 0 aromatic carbocycles. The van der Waals surface area contributed by atoms with E-state index in [2.05, 4.69) is 4.98 Å². The molecule has 0 N–H and O–H groups in total. The zero-order chi connectivity index (χ0) is 12.1. The minimum absolute atomic E-state index is 0.0865. The summed E-state index contributed by atoms with van der Waals surface area (Å²) in [4.78, 5) is 17.5. The molecule has 4 nitrogen and oxygen atoms in total. The summed E-state index contributed by atoms with van der Waals surface area (Å²) >= 11 is 5.84. The maximum absolute atomic E-state index is 12.0. The molecule has 0 bridgehead atoms. The lowest BCUT2D eigenvalue weighted by Gasteiger charge is -2.19. The highest BCUT2D eigenvalue weighted by Gasteiger charge is 2.17. The molecule has 1 amide bonds. The van der Waals surface area contributed by atoms with E-state index in [-0.39, 0.29) is 11.3 Å². The molecular formula is C11H15ClN2O2. The van der Waals surface area contributed by atoms with Crippen molar-refractivity contribution in [3.8, 4) is 5.88 Å². The van der Waals surface area contributed by atoms with Crippen molar-refractivity contribution in [1.29, 1.82) is 0 Å². The fourth-order valence-corrected chi connectivity index (χ4v) is 1.59. The molecule has 88 valence electrons. The number of hydrogen-bond donors (Lipinski definition) is 0. The fraction of sp³-hybridized carbons (Fsp3) is 0.455. The minimum atomic E-state index is -0.141. The molecule has 0 fully saturated rings. The normalized spacial score (nSPS) is 12.0. The van der Waals surface area contributed by atoms with Crippen LogP contribution in [0.2, 0.25) is 0 Å². The molecule has 1 unspecified atom stereocenters. The van der Waals surface area contributed by atoms with Gasteiger partial charge in [0, 0.05) is 25.2 Å². The van der Waals surface area contributed by atoms with Crippen LogP contribution >= 0.6 is 11.6 Å². The molecule has 1 heterocycles. The van der Waals surface area contributed by atoms with Crippen molar-refractivity contribution < 1.29 is 9.53 Å². The zero-order valence-electron chi connectivity index (χ0n) is 9.61. The quantitative estimate of drug-likeness (QED) is 0.756. The van der Waals surface area contributed by atoms with Crippen LogP contribution in [0.1, 0.15) is 17.3 Å². The molecule has 0 aliphatic heterocycles. The Morgan fingerprint density at radius 2 is 2.38 bits per heavy atom. The van der Waals surface area contributed by atoms with Crippen LogP contribution in [0.4, 0.5) is 0 Å². The first-order valence-electron chi connectivity index (χ1n) is 4.94. The lowest BCUT2D eigenvalue weighted by molar-refractivity contribution is 0.0792. The predicted molar refractivity (Wildman–Crippen MR) is 63.1 cm³/mol. The molecule has 1 atom stereocenters. The van der Waals surface area contributed by atoms with E-state index >= 15 is 0 Å². The van der Waals surface area contributed by atoms with E-state index in [1.807, 2.05) is 6.92 Å². The number of halogens is 1. The first kappa shape index (κ1) is 12.8. The zero-order valence-corrected chi connectivity index (χ0v) is 10.4. The summed E-state index contributed by atoms with van der Waals surface area (Å²) in [5, 5.41) is -0.0865. The van der Waals surface area contributed by atoms with Crippen molar-refractivity contribution in [1.82, 2.24) is 9.88 Å². The Kier molecular flexibility index (Phi) is 4.55. The molecule has 0 saturated carbocycles. The van der Waals surface area contributed by atoms with E-state index in [0.717, 1.165) is 0 Å². The van der Waals surface area contributed by atoms with Crippen LogP contribution in [-0.2, 0) is 0 Å². The molecule has 0 aliphatic carbocycles. The van der Waals surface area contributed by atoms with Crippen molar-refractivity contribution in [3.05, 3.63) is 23.9 Å². The molecule has 1 rings (SSSR count). The molecule has 1 aromatic heterocycles. The third kappa shape index (κ3) is 3.10. The number of ether oxygens (including phenoxy) is 1. The molecule has 5 heteroatoms. The van der Waals surface area contributed by atoms with Crippen molar-refractivity contribution in [2.24, 2.45) is 0 Å². The Hall–Kier alpha value is -1.29. The van der Waals surface area contributed by atoms with Gasteiger partial charge in [-0.1, -0.05) is 0 Å². The van der Waals surface area contributed by atoms with E-state index in [9.17, 15) is 4.79 Å². The second-order valence-electron chi connectivity index (χ2n) is 3.53. The highest BCUT2D eigenvalue weighted by molar-refractivity contribution is 6.20. The van der Waals surface area contributed by atoms with E-state index in [1.54, 1.807) is 30.3 Å². The Morgan fingerprint density at radius 1 is 1.69 bits per heavy atom. The van der Waals surface area contributed by atoms with E-state index in [0.29, 0.717) is 18.0 Å². The number of hydrogen-bond acceptors (Lipinski definition) is 3. The molecule has 0 spiro atoms. The number of amides is 1. The molecule has 0 radical (unpaired) electrons. The van der Waals surface area contributed by atoms with Gasteiger partial charge in [-0.15, -0.1) is 11.6 Å². The first-order valence-corrected chi connectivity index (χ1v) is 5.38. The van der Waals surface area contributed by atoms with Crippen molar-refractivity contribution in [2.45, 2.75) is 12.3 Å². The van der Waals surface area contributed by atoms with E-state index in [4.69, 9.17) is 16.3 Å². The van der Waals surface area contributed by atoms with Gasteiger partial charge in [-0.2, -0.15) is 0 Å². The van der Waals surface area contributed by atoms with Crippen LogP contribution < -0.4 is 4.74 Å². The number of pyridine rings is 1. The molecule has 0 saturated heterocycles. The number of alkyl halides is 1. The minimum Gasteiger partial charge on any atom is -0.480 e. The van der Waals surface area contributed by atoms with Crippen LogP contribution in [-0.4, -0.2) is 41.9 Å². The van der Waals surface area contributed by atoms with E-state index in [1.165, 1.54) is 7.11 Å². The maximum atomic E-state index is 12.0. The summed E-state index contributed by atoms with van der Waals surface area (Å²) in [5.74, 6) is 0.194. The highest BCUT2D eigenvalue weighted by atomic mass is 35.5. The Bertz CT molecular complexity index is 369. The fourth-order valence-electron chi connectivity index (χ4n) is 1.38. The van der Waals surface area contributed by atoms with Gasteiger partial charge in [0.25, 0.3) is 5.91 Å². The lowest BCUT2D eigenvalue weighted by Crippen LogP contribution is -2.31. The summed E-state index contributed by atoms with van der Waals surface area (Å²) < 4.78 is 5.03. The number of methoxy groups -OCH3 is 1. The van der Waals surface area contributed by atoms with Crippen LogP contribution in [0.5, 0.6) is 5.88 Å². The number of carbonyl (C=O) groups is 1. The maximum Gasteiger partial charge on any atom is 0.259 e. The van der Waals surface area contributed by atoms with Gasteiger partial charge in [0.1, 0.15) is 5.56 Å². The number of aromatic nitrogens is 1. The van der Waals surface area contributed by atoms with Crippen molar-refractivity contribution in [2.75, 3.05) is 20.7 Å². The molecule has 1 aromatic rings. The van der Waals surface area contributed by atoms with Gasteiger partial charge >= 0.3 is 0 Å².